The zero-order chi connectivity index (χ0) is 12.4. The van der Waals surface area contributed by atoms with E-state index in [1.165, 1.54) is 0 Å². The molecule has 1 aromatic carbocycles. The average molecular weight is 230 g/mol. The molecular weight excluding hydrogens is 220 g/mol. The molecule has 0 aliphatic rings. The first kappa shape index (κ1) is 11.1. The summed E-state index contributed by atoms with van der Waals surface area (Å²) in [7, 11) is 0. The van der Waals surface area contributed by atoms with Crippen LogP contribution in [0.5, 0.6) is 0 Å². The first-order valence-corrected chi connectivity index (χ1v) is 4.98. The van der Waals surface area contributed by atoms with Crippen LogP contribution in [0.1, 0.15) is 16.1 Å². The molecule has 0 amide bonds. The van der Waals surface area contributed by atoms with E-state index in [2.05, 4.69) is 9.97 Å². The Morgan fingerprint density at radius 1 is 1.29 bits per heavy atom. The summed E-state index contributed by atoms with van der Waals surface area (Å²) in [5, 5.41) is 8.81. The molecule has 0 fully saturated rings. The van der Waals surface area contributed by atoms with Crippen LogP contribution in [0.4, 0.5) is 0 Å². The number of aromatic amines is 1. The minimum absolute atomic E-state index is 0.259. The standard InChI is InChI=1S/C12H10N2O3/c1-7-2-4-8(5-3-7)11-13-9(12(16)17)6-10(15)14-11/h2-6H,1H3,(H,16,17)(H,13,14,15). The molecule has 5 nitrogen and oxygen atoms in total. The average Bonchev–Trinajstić information content (AvgIpc) is 2.29. The lowest BCUT2D eigenvalue weighted by molar-refractivity contribution is 0.0690. The first-order chi connectivity index (χ1) is 8.06. The van der Waals surface area contributed by atoms with Gasteiger partial charge < -0.3 is 10.1 Å². The van der Waals surface area contributed by atoms with Gasteiger partial charge in [0.15, 0.2) is 5.69 Å². The van der Waals surface area contributed by atoms with Crippen LogP contribution in [0, 0.1) is 6.92 Å². The molecule has 2 rings (SSSR count). The molecule has 0 saturated carbocycles. The highest BCUT2D eigenvalue weighted by Gasteiger charge is 2.09. The number of aromatic carboxylic acids is 1. The molecule has 5 heteroatoms. The van der Waals surface area contributed by atoms with E-state index in [1.54, 1.807) is 12.1 Å². The van der Waals surface area contributed by atoms with Gasteiger partial charge in [0.2, 0.25) is 0 Å². The third-order valence-corrected chi connectivity index (χ3v) is 2.29. The Hall–Kier alpha value is -2.43. The van der Waals surface area contributed by atoms with Crippen molar-refractivity contribution in [3.63, 3.8) is 0 Å². The monoisotopic (exact) mass is 230 g/mol. The van der Waals surface area contributed by atoms with E-state index in [0.29, 0.717) is 5.56 Å². The van der Waals surface area contributed by atoms with Gasteiger partial charge in [-0.15, -0.1) is 0 Å². The number of carboxylic acids is 1. The van der Waals surface area contributed by atoms with E-state index in [4.69, 9.17) is 5.11 Å². The van der Waals surface area contributed by atoms with Gasteiger partial charge in [-0.3, -0.25) is 4.79 Å². The summed E-state index contributed by atoms with van der Waals surface area (Å²) < 4.78 is 0. The molecule has 0 saturated heterocycles. The second kappa shape index (κ2) is 4.21. The molecule has 1 heterocycles. The molecule has 0 aliphatic heterocycles. The topological polar surface area (TPSA) is 83.0 Å². The lowest BCUT2D eigenvalue weighted by Gasteiger charge is -2.02. The number of benzene rings is 1. The summed E-state index contributed by atoms with van der Waals surface area (Å²) in [5.41, 5.74) is 1.01. The van der Waals surface area contributed by atoms with Crippen LogP contribution in [-0.2, 0) is 0 Å². The number of H-pyrrole nitrogens is 1. The lowest BCUT2D eigenvalue weighted by atomic mass is 10.1. The van der Waals surface area contributed by atoms with Crippen molar-refractivity contribution in [1.82, 2.24) is 9.97 Å². The van der Waals surface area contributed by atoms with Gasteiger partial charge in [0.05, 0.1) is 0 Å². The number of nitrogens with one attached hydrogen (secondary N) is 1. The smallest absolute Gasteiger partial charge is 0.354 e. The largest absolute Gasteiger partial charge is 0.477 e. The van der Waals surface area contributed by atoms with E-state index in [-0.39, 0.29) is 11.5 Å². The highest BCUT2D eigenvalue weighted by Crippen LogP contribution is 2.14. The van der Waals surface area contributed by atoms with Crippen LogP contribution in [0.3, 0.4) is 0 Å². The predicted molar refractivity (Wildman–Crippen MR) is 62.0 cm³/mol. The highest BCUT2D eigenvalue weighted by atomic mass is 16.4. The van der Waals surface area contributed by atoms with Crippen molar-refractivity contribution in [3.8, 4) is 11.4 Å². The molecular formula is C12H10N2O3. The van der Waals surface area contributed by atoms with Gasteiger partial charge in [-0.25, -0.2) is 9.78 Å². The Bertz CT molecular complexity index is 614. The predicted octanol–water partition coefficient (Wildman–Crippen LogP) is 1.44. The van der Waals surface area contributed by atoms with Crippen LogP contribution < -0.4 is 5.56 Å². The molecule has 0 bridgehead atoms. The second-order valence-electron chi connectivity index (χ2n) is 3.65. The zero-order valence-electron chi connectivity index (χ0n) is 9.10. The summed E-state index contributed by atoms with van der Waals surface area (Å²) in [4.78, 5) is 28.5. The second-order valence-corrected chi connectivity index (χ2v) is 3.65. The molecule has 0 spiro atoms. The maximum Gasteiger partial charge on any atom is 0.354 e. The van der Waals surface area contributed by atoms with E-state index in [1.807, 2.05) is 19.1 Å². The SMILES string of the molecule is Cc1ccc(-c2nc(C(=O)O)cc(=O)[nH]2)cc1. The van der Waals surface area contributed by atoms with Gasteiger partial charge in [0, 0.05) is 11.6 Å². The summed E-state index contributed by atoms with van der Waals surface area (Å²) in [6.07, 6.45) is 0. The van der Waals surface area contributed by atoms with Crippen LogP contribution >= 0.6 is 0 Å². The fraction of sp³-hybridized carbons (Fsp3) is 0.0833. The molecule has 1 aromatic heterocycles. The van der Waals surface area contributed by atoms with E-state index >= 15 is 0 Å². The minimum atomic E-state index is -1.22. The van der Waals surface area contributed by atoms with Gasteiger partial charge in [-0.1, -0.05) is 29.8 Å². The van der Waals surface area contributed by atoms with Gasteiger partial charge >= 0.3 is 5.97 Å². The normalized spacial score (nSPS) is 10.2. The maximum atomic E-state index is 11.3. The molecule has 2 aromatic rings. The highest BCUT2D eigenvalue weighted by molar-refractivity contribution is 5.85. The van der Waals surface area contributed by atoms with Crippen molar-refractivity contribution in [3.05, 3.63) is 51.9 Å². The number of hydrogen-bond acceptors (Lipinski definition) is 3. The van der Waals surface area contributed by atoms with Crippen molar-refractivity contribution < 1.29 is 9.90 Å². The molecule has 0 unspecified atom stereocenters. The number of carbonyl (C=O) groups is 1. The minimum Gasteiger partial charge on any atom is -0.477 e. The zero-order valence-corrected chi connectivity index (χ0v) is 9.10. The number of carboxylic acid groups (broad SMARTS) is 1. The maximum absolute atomic E-state index is 11.3. The quantitative estimate of drug-likeness (QED) is 0.817. The van der Waals surface area contributed by atoms with Crippen molar-refractivity contribution in [2.45, 2.75) is 6.92 Å². The van der Waals surface area contributed by atoms with Gasteiger partial charge in [-0.05, 0) is 6.92 Å². The Labute approximate surface area is 96.8 Å². The van der Waals surface area contributed by atoms with Crippen LogP contribution in [0.2, 0.25) is 0 Å². The number of hydrogen-bond donors (Lipinski definition) is 2. The van der Waals surface area contributed by atoms with Crippen molar-refractivity contribution in [2.75, 3.05) is 0 Å². The van der Waals surface area contributed by atoms with Gasteiger partial charge in [-0.2, -0.15) is 0 Å². The Morgan fingerprint density at radius 3 is 2.53 bits per heavy atom. The number of aryl methyl sites for hydroxylation is 1. The molecule has 0 aliphatic carbocycles. The molecule has 2 N–H and O–H groups in total. The third-order valence-electron chi connectivity index (χ3n) is 2.29. The molecule has 0 atom stereocenters. The molecule has 86 valence electrons. The van der Waals surface area contributed by atoms with E-state index in [0.717, 1.165) is 11.6 Å². The Kier molecular flexibility index (Phi) is 2.74. The third kappa shape index (κ3) is 2.39. The van der Waals surface area contributed by atoms with Crippen LogP contribution in [-0.4, -0.2) is 21.0 Å². The fourth-order valence-electron chi connectivity index (χ4n) is 1.42. The molecule has 0 radical (unpaired) electrons. The van der Waals surface area contributed by atoms with E-state index in [9.17, 15) is 9.59 Å². The lowest BCUT2D eigenvalue weighted by Crippen LogP contribution is -2.13. The number of nitrogens with zero attached hydrogens (tertiary/aromatic N) is 1. The van der Waals surface area contributed by atoms with Gasteiger partial charge in [0.1, 0.15) is 5.82 Å². The first-order valence-electron chi connectivity index (χ1n) is 4.98. The van der Waals surface area contributed by atoms with E-state index < -0.39 is 11.5 Å². The van der Waals surface area contributed by atoms with Gasteiger partial charge in [0.25, 0.3) is 5.56 Å². The van der Waals surface area contributed by atoms with Crippen molar-refractivity contribution in [1.29, 1.82) is 0 Å². The summed E-state index contributed by atoms with van der Waals surface area (Å²) in [6, 6.07) is 8.24. The van der Waals surface area contributed by atoms with Crippen molar-refractivity contribution in [2.24, 2.45) is 0 Å². The van der Waals surface area contributed by atoms with Crippen LogP contribution in [0.25, 0.3) is 11.4 Å². The molecule has 17 heavy (non-hydrogen) atoms. The number of aromatic nitrogens is 2. The summed E-state index contributed by atoms with van der Waals surface area (Å²) in [5.74, 6) is -0.959. The van der Waals surface area contributed by atoms with Crippen LogP contribution in [0.15, 0.2) is 35.1 Å². The Balaban J connectivity index is 2.55. The number of rotatable bonds is 2. The summed E-state index contributed by atoms with van der Waals surface area (Å²) in [6.45, 7) is 1.94. The Morgan fingerprint density at radius 2 is 1.94 bits per heavy atom. The fourth-order valence-corrected chi connectivity index (χ4v) is 1.42. The van der Waals surface area contributed by atoms with Crippen molar-refractivity contribution >= 4 is 5.97 Å². The summed E-state index contributed by atoms with van der Waals surface area (Å²) >= 11 is 0.